The molecule has 3 rings (SSSR count). The molecule has 0 bridgehead atoms. The summed E-state index contributed by atoms with van der Waals surface area (Å²) in [5.74, 6) is -0.542. The van der Waals surface area contributed by atoms with Gasteiger partial charge in [0.05, 0.1) is 10.5 Å². The Morgan fingerprint density at radius 1 is 1.03 bits per heavy atom. The molecule has 0 spiro atoms. The zero-order chi connectivity index (χ0) is 23.3. The average molecular weight is 477 g/mol. The number of carbonyl (C=O) groups excluding carboxylic acids is 2. The number of hydrogen-bond donors (Lipinski definition) is 1. The summed E-state index contributed by atoms with van der Waals surface area (Å²) in [6, 6.07) is 12.9. The molecule has 1 aliphatic heterocycles. The lowest BCUT2D eigenvalue weighted by Crippen LogP contribution is -2.42. The summed E-state index contributed by atoms with van der Waals surface area (Å²) in [6.45, 7) is 4.64. The van der Waals surface area contributed by atoms with Crippen LogP contribution in [-0.4, -0.2) is 50.6 Å². The first-order valence-corrected chi connectivity index (χ1v) is 13.1. The van der Waals surface area contributed by atoms with Crippen molar-refractivity contribution in [1.29, 1.82) is 0 Å². The van der Waals surface area contributed by atoms with Crippen LogP contribution in [-0.2, 0) is 19.6 Å². The number of ether oxygens (including phenoxy) is 1. The van der Waals surface area contributed by atoms with Crippen LogP contribution >= 0.6 is 11.8 Å². The van der Waals surface area contributed by atoms with Crippen LogP contribution in [0.1, 0.15) is 30.6 Å². The van der Waals surface area contributed by atoms with Gasteiger partial charge in [-0.25, -0.2) is 13.2 Å². The van der Waals surface area contributed by atoms with E-state index in [0.29, 0.717) is 30.6 Å². The van der Waals surface area contributed by atoms with Crippen molar-refractivity contribution in [1.82, 2.24) is 4.31 Å². The van der Waals surface area contributed by atoms with Gasteiger partial charge in [-0.2, -0.15) is 4.31 Å². The molecule has 0 saturated carbocycles. The number of carbonyl (C=O) groups is 2. The number of thioether (sulfide) groups is 1. The third-order valence-corrected chi connectivity index (χ3v) is 7.86. The predicted molar refractivity (Wildman–Crippen MR) is 125 cm³/mol. The summed E-state index contributed by atoms with van der Waals surface area (Å²) in [5, 5.41) is 2.66. The number of anilines is 1. The molecule has 1 fully saturated rings. The van der Waals surface area contributed by atoms with Gasteiger partial charge >= 0.3 is 5.97 Å². The average Bonchev–Trinajstić information content (AvgIpc) is 2.77. The van der Waals surface area contributed by atoms with Gasteiger partial charge in [0.1, 0.15) is 0 Å². The first kappa shape index (κ1) is 24.3. The number of sulfonamides is 1. The Bertz CT molecular complexity index is 1040. The van der Waals surface area contributed by atoms with E-state index in [9.17, 15) is 18.0 Å². The van der Waals surface area contributed by atoms with Gasteiger partial charge in [0.2, 0.25) is 10.0 Å². The second-order valence-corrected chi connectivity index (χ2v) is 11.0. The molecule has 9 heteroatoms. The van der Waals surface area contributed by atoms with E-state index in [1.54, 1.807) is 23.9 Å². The zero-order valence-corrected chi connectivity index (χ0v) is 20.0. The van der Waals surface area contributed by atoms with E-state index >= 15 is 0 Å². The smallest absolute Gasteiger partial charge is 0.338 e. The minimum absolute atomic E-state index is 0.141. The topological polar surface area (TPSA) is 92.8 Å². The van der Waals surface area contributed by atoms with E-state index in [-0.39, 0.29) is 10.5 Å². The van der Waals surface area contributed by atoms with Crippen LogP contribution in [0.25, 0.3) is 0 Å². The maximum absolute atomic E-state index is 12.9. The Morgan fingerprint density at radius 3 is 2.19 bits per heavy atom. The third-order valence-electron chi connectivity index (χ3n) is 5.27. The summed E-state index contributed by atoms with van der Waals surface area (Å²) < 4.78 is 32.5. The standard InChI is InChI=1S/C23H28N2O5S2/c1-16-12-17(2)14-25(13-16)32(28,29)21-10-4-18(5-11-21)23(27)30-15-22(26)24-19-6-8-20(31-3)9-7-19/h4-11,16-17H,12-15H2,1-3H3,(H,24,26). The summed E-state index contributed by atoms with van der Waals surface area (Å²) >= 11 is 1.60. The lowest BCUT2D eigenvalue weighted by molar-refractivity contribution is -0.119. The van der Waals surface area contributed by atoms with Crippen molar-refractivity contribution in [3.05, 3.63) is 54.1 Å². The maximum atomic E-state index is 12.9. The normalized spacial score (nSPS) is 19.3. The molecule has 2 aromatic carbocycles. The van der Waals surface area contributed by atoms with Crippen LogP contribution < -0.4 is 5.32 Å². The molecule has 1 saturated heterocycles. The number of hydrogen-bond acceptors (Lipinski definition) is 6. The number of nitrogens with one attached hydrogen (secondary N) is 1. The fourth-order valence-electron chi connectivity index (χ4n) is 3.80. The van der Waals surface area contributed by atoms with Gasteiger partial charge in [-0.05, 0) is 73.0 Å². The van der Waals surface area contributed by atoms with Gasteiger partial charge in [0, 0.05) is 23.7 Å². The van der Waals surface area contributed by atoms with Crippen molar-refractivity contribution < 1.29 is 22.7 Å². The number of esters is 1. The highest BCUT2D eigenvalue weighted by atomic mass is 32.2. The first-order valence-electron chi connectivity index (χ1n) is 10.4. The van der Waals surface area contributed by atoms with Crippen molar-refractivity contribution in [3.8, 4) is 0 Å². The number of benzene rings is 2. The van der Waals surface area contributed by atoms with Gasteiger partial charge in [-0.15, -0.1) is 11.8 Å². The Kier molecular flexibility index (Phi) is 7.97. The molecule has 7 nitrogen and oxygen atoms in total. The molecule has 0 radical (unpaired) electrons. The predicted octanol–water partition coefficient (Wildman–Crippen LogP) is 3.87. The summed E-state index contributed by atoms with van der Waals surface area (Å²) in [7, 11) is -3.62. The number of nitrogens with zero attached hydrogens (tertiary/aromatic N) is 1. The maximum Gasteiger partial charge on any atom is 0.338 e. The third kappa shape index (κ3) is 6.11. The highest BCUT2D eigenvalue weighted by Crippen LogP contribution is 2.27. The quantitative estimate of drug-likeness (QED) is 0.482. The van der Waals surface area contributed by atoms with Crippen LogP contribution in [0.5, 0.6) is 0 Å². The van der Waals surface area contributed by atoms with E-state index in [4.69, 9.17) is 4.74 Å². The van der Waals surface area contributed by atoms with E-state index in [1.165, 1.54) is 28.6 Å². The molecule has 172 valence electrons. The molecule has 2 aromatic rings. The van der Waals surface area contributed by atoms with E-state index in [1.807, 2.05) is 32.2 Å². The lowest BCUT2D eigenvalue weighted by atomic mass is 9.94. The van der Waals surface area contributed by atoms with Gasteiger partial charge in [0.25, 0.3) is 5.91 Å². The number of amides is 1. The lowest BCUT2D eigenvalue weighted by Gasteiger charge is -2.34. The molecule has 1 heterocycles. The second-order valence-electron chi connectivity index (χ2n) is 8.15. The van der Waals surface area contributed by atoms with Crippen LogP contribution in [0.4, 0.5) is 5.69 Å². The SMILES string of the molecule is CSc1ccc(NC(=O)COC(=O)c2ccc(S(=O)(=O)N3CC(C)CC(C)C3)cc2)cc1. The molecule has 32 heavy (non-hydrogen) atoms. The van der Waals surface area contributed by atoms with Crippen LogP contribution in [0, 0.1) is 11.8 Å². The molecular formula is C23H28N2O5S2. The van der Waals surface area contributed by atoms with Crippen LogP contribution in [0.2, 0.25) is 0 Å². The largest absolute Gasteiger partial charge is 0.452 e. The zero-order valence-electron chi connectivity index (χ0n) is 18.4. The highest BCUT2D eigenvalue weighted by molar-refractivity contribution is 7.98. The minimum atomic E-state index is -3.62. The monoisotopic (exact) mass is 476 g/mol. The van der Waals surface area contributed by atoms with Crippen molar-refractivity contribution in [3.63, 3.8) is 0 Å². The van der Waals surface area contributed by atoms with E-state index in [2.05, 4.69) is 5.32 Å². The fraction of sp³-hybridized carbons (Fsp3) is 0.391. The Balaban J connectivity index is 1.56. The molecule has 2 unspecified atom stereocenters. The summed E-state index contributed by atoms with van der Waals surface area (Å²) in [6.07, 6.45) is 2.97. The number of piperidine rings is 1. The molecular weight excluding hydrogens is 448 g/mol. The number of rotatable bonds is 7. The highest BCUT2D eigenvalue weighted by Gasteiger charge is 2.31. The molecule has 1 amide bonds. The molecule has 1 aliphatic rings. The van der Waals surface area contributed by atoms with Gasteiger partial charge in [0.15, 0.2) is 6.61 Å². The van der Waals surface area contributed by atoms with E-state index in [0.717, 1.165) is 11.3 Å². The van der Waals surface area contributed by atoms with Crippen LogP contribution in [0.15, 0.2) is 58.3 Å². The summed E-state index contributed by atoms with van der Waals surface area (Å²) in [5.41, 5.74) is 0.793. The molecule has 2 atom stereocenters. The molecule has 1 N–H and O–H groups in total. The molecule has 0 aliphatic carbocycles. The van der Waals surface area contributed by atoms with E-state index < -0.39 is 28.5 Å². The van der Waals surface area contributed by atoms with Crippen molar-refractivity contribution in [2.75, 3.05) is 31.3 Å². The Labute approximate surface area is 193 Å². The van der Waals surface area contributed by atoms with Gasteiger partial charge in [-0.1, -0.05) is 13.8 Å². The van der Waals surface area contributed by atoms with Crippen molar-refractivity contribution in [2.24, 2.45) is 11.8 Å². The Hall–Kier alpha value is -2.36. The van der Waals surface area contributed by atoms with Crippen LogP contribution in [0.3, 0.4) is 0 Å². The first-order chi connectivity index (χ1) is 15.2. The van der Waals surface area contributed by atoms with Gasteiger partial charge < -0.3 is 10.1 Å². The van der Waals surface area contributed by atoms with Gasteiger partial charge in [-0.3, -0.25) is 4.79 Å². The minimum Gasteiger partial charge on any atom is -0.452 e. The van der Waals surface area contributed by atoms with Crippen molar-refractivity contribution in [2.45, 2.75) is 30.1 Å². The fourth-order valence-corrected chi connectivity index (χ4v) is 5.89. The van der Waals surface area contributed by atoms with Crippen molar-refractivity contribution >= 4 is 39.3 Å². The Morgan fingerprint density at radius 2 is 1.62 bits per heavy atom. The summed E-state index contributed by atoms with van der Waals surface area (Å²) in [4.78, 5) is 25.5. The molecule has 0 aromatic heterocycles. The second kappa shape index (κ2) is 10.5.